The number of carbonyl (C=O) groups is 2. The number of carbonyl (C=O) groups excluding carboxylic acids is 1. The summed E-state index contributed by atoms with van der Waals surface area (Å²) >= 11 is 0. The van der Waals surface area contributed by atoms with E-state index < -0.39 is 33.4 Å². The van der Waals surface area contributed by atoms with Crippen LogP contribution in [0.15, 0.2) is 0 Å². The van der Waals surface area contributed by atoms with Crippen LogP contribution in [0.25, 0.3) is 0 Å². The maximum absolute atomic E-state index is 11.6. The van der Waals surface area contributed by atoms with Gasteiger partial charge in [0.2, 0.25) is 0 Å². The van der Waals surface area contributed by atoms with E-state index in [4.69, 9.17) is 5.11 Å². The maximum atomic E-state index is 11.6. The largest absolute Gasteiger partial charge is 0.480 e. The van der Waals surface area contributed by atoms with Crippen molar-refractivity contribution in [2.45, 2.75) is 37.8 Å². The summed E-state index contributed by atoms with van der Waals surface area (Å²) in [7, 11) is -3.18. The molecule has 3 N–H and O–H groups in total. The van der Waals surface area contributed by atoms with E-state index in [1.165, 1.54) is 0 Å². The second kappa shape index (κ2) is 5.13. The average Bonchev–Trinajstić information content (AvgIpc) is 2.06. The molecule has 0 aromatic heterocycles. The zero-order valence-corrected chi connectivity index (χ0v) is 11.2. The number of aliphatic carboxylic acids is 1. The number of urea groups is 1. The third-order valence-electron chi connectivity index (χ3n) is 2.90. The molecule has 1 rings (SSSR count). The van der Waals surface area contributed by atoms with Gasteiger partial charge >= 0.3 is 12.0 Å². The van der Waals surface area contributed by atoms with Gasteiger partial charge in [-0.1, -0.05) is 0 Å². The van der Waals surface area contributed by atoms with Crippen molar-refractivity contribution in [3.8, 4) is 0 Å². The molecule has 0 radical (unpaired) electrons. The van der Waals surface area contributed by atoms with Gasteiger partial charge in [-0.25, -0.2) is 18.0 Å². The maximum Gasteiger partial charge on any atom is 0.329 e. The molecule has 0 aromatic carbocycles. The van der Waals surface area contributed by atoms with Crippen LogP contribution in [0, 0.1) is 0 Å². The molecule has 1 saturated carbocycles. The predicted molar refractivity (Wildman–Crippen MR) is 65.1 cm³/mol. The first-order valence-electron chi connectivity index (χ1n) is 5.64. The predicted octanol–water partition coefficient (Wildman–Crippen LogP) is -0.274. The van der Waals surface area contributed by atoms with E-state index >= 15 is 0 Å². The van der Waals surface area contributed by atoms with Crippen LogP contribution < -0.4 is 10.6 Å². The van der Waals surface area contributed by atoms with Crippen molar-refractivity contribution in [2.24, 2.45) is 0 Å². The van der Waals surface area contributed by atoms with Crippen LogP contribution in [-0.2, 0) is 14.6 Å². The SMILES string of the molecule is CC(CS(C)(=O)=O)NC(=O)NC1(C(=O)O)CCC1. The van der Waals surface area contributed by atoms with E-state index in [1.54, 1.807) is 6.92 Å². The standard InChI is InChI=1S/C10H18N2O5S/c1-7(6-18(2,16)17)11-9(15)12-10(8(13)14)4-3-5-10/h7H,3-6H2,1-2H3,(H,13,14)(H2,11,12,15). The Morgan fingerprint density at radius 3 is 2.28 bits per heavy atom. The number of carboxylic acids is 1. The van der Waals surface area contributed by atoms with Crippen LogP contribution in [0.4, 0.5) is 4.79 Å². The van der Waals surface area contributed by atoms with Gasteiger partial charge in [-0.05, 0) is 26.2 Å². The topological polar surface area (TPSA) is 113 Å². The Morgan fingerprint density at radius 1 is 1.39 bits per heavy atom. The van der Waals surface area contributed by atoms with Gasteiger partial charge in [-0.2, -0.15) is 0 Å². The highest BCUT2D eigenvalue weighted by molar-refractivity contribution is 7.90. The molecule has 0 aliphatic heterocycles. The van der Waals surface area contributed by atoms with Crippen LogP contribution in [0.5, 0.6) is 0 Å². The van der Waals surface area contributed by atoms with Crippen molar-refractivity contribution in [3.63, 3.8) is 0 Å². The number of carboxylic acid groups (broad SMARTS) is 1. The fraction of sp³-hybridized carbons (Fsp3) is 0.800. The second-order valence-electron chi connectivity index (χ2n) is 4.83. The molecule has 1 aliphatic rings. The molecule has 18 heavy (non-hydrogen) atoms. The smallest absolute Gasteiger partial charge is 0.329 e. The minimum atomic E-state index is -3.18. The summed E-state index contributed by atoms with van der Waals surface area (Å²) in [4.78, 5) is 22.6. The summed E-state index contributed by atoms with van der Waals surface area (Å²) in [6.45, 7) is 1.55. The molecular weight excluding hydrogens is 260 g/mol. The zero-order chi connectivity index (χ0) is 14.0. The molecule has 0 spiro atoms. The van der Waals surface area contributed by atoms with Gasteiger partial charge < -0.3 is 15.7 Å². The highest BCUT2D eigenvalue weighted by atomic mass is 32.2. The number of hydrogen-bond acceptors (Lipinski definition) is 4. The Labute approximate surface area is 106 Å². The van der Waals surface area contributed by atoms with Gasteiger partial charge in [-0.3, -0.25) is 0 Å². The van der Waals surface area contributed by atoms with E-state index in [9.17, 15) is 18.0 Å². The minimum Gasteiger partial charge on any atom is -0.480 e. The van der Waals surface area contributed by atoms with E-state index in [0.29, 0.717) is 12.8 Å². The average molecular weight is 278 g/mol. The summed E-state index contributed by atoms with van der Waals surface area (Å²) in [5.74, 6) is -1.24. The second-order valence-corrected chi connectivity index (χ2v) is 7.02. The molecule has 0 bridgehead atoms. The molecule has 1 aliphatic carbocycles. The Balaban J connectivity index is 2.49. The number of hydrogen-bond donors (Lipinski definition) is 3. The van der Waals surface area contributed by atoms with Crippen molar-refractivity contribution in [1.82, 2.24) is 10.6 Å². The van der Waals surface area contributed by atoms with Gasteiger partial charge in [-0.15, -0.1) is 0 Å². The fourth-order valence-corrected chi connectivity index (χ4v) is 2.89. The normalized spacial score (nSPS) is 19.4. The van der Waals surface area contributed by atoms with Crippen LogP contribution in [-0.4, -0.2) is 49.1 Å². The third kappa shape index (κ3) is 3.86. The van der Waals surface area contributed by atoms with Crippen molar-refractivity contribution >= 4 is 21.8 Å². The summed E-state index contributed by atoms with van der Waals surface area (Å²) in [5.41, 5.74) is -1.19. The van der Waals surface area contributed by atoms with Gasteiger partial charge in [0, 0.05) is 12.3 Å². The Bertz CT molecular complexity index is 441. The third-order valence-corrected chi connectivity index (χ3v) is 4.01. The van der Waals surface area contributed by atoms with E-state index in [-0.39, 0.29) is 5.75 Å². The zero-order valence-electron chi connectivity index (χ0n) is 10.4. The lowest BCUT2D eigenvalue weighted by molar-refractivity contribution is -0.148. The van der Waals surface area contributed by atoms with Gasteiger partial charge in [0.15, 0.2) is 0 Å². The Hall–Kier alpha value is -1.31. The molecule has 8 heteroatoms. The van der Waals surface area contributed by atoms with E-state index in [1.807, 2.05) is 0 Å². The molecule has 2 amide bonds. The summed E-state index contributed by atoms with van der Waals surface area (Å²) in [5, 5.41) is 13.8. The van der Waals surface area contributed by atoms with Crippen LogP contribution in [0.2, 0.25) is 0 Å². The number of nitrogens with one attached hydrogen (secondary N) is 2. The van der Waals surface area contributed by atoms with Crippen LogP contribution in [0.1, 0.15) is 26.2 Å². The molecule has 1 unspecified atom stereocenters. The molecule has 104 valence electrons. The van der Waals surface area contributed by atoms with Crippen molar-refractivity contribution in [1.29, 1.82) is 0 Å². The molecular formula is C10H18N2O5S. The summed E-state index contributed by atoms with van der Waals surface area (Å²) in [6, 6.07) is -1.21. The highest BCUT2D eigenvalue weighted by Gasteiger charge is 2.45. The van der Waals surface area contributed by atoms with Crippen LogP contribution >= 0.6 is 0 Å². The van der Waals surface area contributed by atoms with E-state index in [2.05, 4.69) is 10.6 Å². The van der Waals surface area contributed by atoms with Gasteiger partial charge in [0.05, 0.1) is 5.75 Å². The lowest BCUT2D eigenvalue weighted by Crippen LogP contribution is -2.62. The fourth-order valence-electron chi connectivity index (χ4n) is 1.90. The van der Waals surface area contributed by atoms with Crippen molar-refractivity contribution in [3.05, 3.63) is 0 Å². The molecule has 0 heterocycles. The Kier molecular flexibility index (Phi) is 4.20. The lowest BCUT2D eigenvalue weighted by atomic mass is 9.77. The first kappa shape index (κ1) is 14.7. The van der Waals surface area contributed by atoms with E-state index in [0.717, 1.165) is 12.7 Å². The molecule has 1 fully saturated rings. The van der Waals surface area contributed by atoms with Crippen LogP contribution in [0.3, 0.4) is 0 Å². The molecule has 1 atom stereocenters. The van der Waals surface area contributed by atoms with Gasteiger partial charge in [0.25, 0.3) is 0 Å². The minimum absolute atomic E-state index is 0.180. The number of amides is 2. The molecule has 7 nitrogen and oxygen atoms in total. The Morgan fingerprint density at radius 2 is 1.94 bits per heavy atom. The molecule has 0 aromatic rings. The molecule has 0 saturated heterocycles. The first-order chi connectivity index (χ1) is 8.15. The number of sulfone groups is 1. The highest BCUT2D eigenvalue weighted by Crippen LogP contribution is 2.31. The van der Waals surface area contributed by atoms with Gasteiger partial charge in [0.1, 0.15) is 15.4 Å². The number of rotatable bonds is 5. The van der Waals surface area contributed by atoms with Crippen molar-refractivity contribution in [2.75, 3.05) is 12.0 Å². The summed E-state index contributed by atoms with van der Waals surface area (Å²) in [6.07, 6.45) is 2.63. The summed E-state index contributed by atoms with van der Waals surface area (Å²) < 4.78 is 22.0. The first-order valence-corrected chi connectivity index (χ1v) is 7.70. The monoisotopic (exact) mass is 278 g/mol. The lowest BCUT2D eigenvalue weighted by Gasteiger charge is -2.38. The van der Waals surface area contributed by atoms with Crippen molar-refractivity contribution < 1.29 is 23.1 Å². The quantitative estimate of drug-likeness (QED) is 0.640.